The molecule has 1 saturated heterocycles. The molecule has 7 nitrogen and oxygen atoms in total. The number of β-amino-alcohol motifs (C(OH)–C–C–N with tert-alkyl or cyclic N) is 1. The zero-order valence-electron chi connectivity index (χ0n) is 10.3. The molecule has 1 aliphatic heterocycles. The summed E-state index contributed by atoms with van der Waals surface area (Å²) >= 11 is 0. The molecule has 1 heterocycles. The summed E-state index contributed by atoms with van der Waals surface area (Å²) in [6.45, 7) is 0.0301. The van der Waals surface area contributed by atoms with Gasteiger partial charge in [-0.05, 0) is 0 Å². The molecule has 1 aliphatic rings. The van der Waals surface area contributed by atoms with Gasteiger partial charge in [-0.3, -0.25) is 4.79 Å². The van der Waals surface area contributed by atoms with Gasteiger partial charge in [0, 0.05) is 25.6 Å². The molecular formula is C10H17NO6S. The van der Waals surface area contributed by atoms with Gasteiger partial charge in [0.1, 0.15) is 15.9 Å². The first kappa shape index (κ1) is 14.9. The number of aliphatic hydroxyl groups is 1. The zero-order chi connectivity index (χ0) is 13.9. The number of ether oxygens (including phenoxy) is 1. The van der Waals surface area contributed by atoms with E-state index in [0.717, 1.165) is 6.26 Å². The van der Waals surface area contributed by atoms with E-state index in [-0.39, 0.29) is 25.1 Å². The molecule has 2 unspecified atom stereocenters. The van der Waals surface area contributed by atoms with Crippen LogP contribution in [-0.4, -0.2) is 68.1 Å². The van der Waals surface area contributed by atoms with Crippen molar-refractivity contribution in [1.29, 1.82) is 0 Å². The summed E-state index contributed by atoms with van der Waals surface area (Å²) in [6.07, 6.45) is 0.184. The van der Waals surface area contributed by atoms with Crippen LogP contribution in [0.2, 0.25) is 0 Å². The Morgan fingerprint density at radius 2 is 2.06 bits per heavy atom. The maximum atomic E-state index is 11.8. The van der Waals surface area contributed by atoms with E-state index in [1.807, 2.05) is 0 Å². The van der Waals surface area contributed by atoms with Crippen LogP contribution in [0.4, 0.5) is 0 Å². The second kappa shape index (κ2) is 5.66. The first-order chi connectivity index (χ1) is 8.24. The number of nitrogens with zero attached hydrogens (tertiary/aromatic N) is 1. The fraction of sp³-hybridized carbons (Fsp3) is 0.800. The Morgan fingerprint density at radius 3 is 2.56 bits per heavy atom. The first-order valence-electron chi connectivity index (χ1n) is 5.47. The minimum Gasteiger partial charge on any atom is -0.467 e. The van der Waals surface area contributed by atoms with Crippen LogP contribution >= 0.6 is 0 Å². The van der Waals surface area contributed by atoms with Crippen molar-refractivity contribution >= 4 is 21.7 Å². The third-order valence-corrected chi connectivity index (χ3v) is 3.71. The van der Waals surface area contributed by atoms with Crippen molar-refractivity contribution in [3.63, 3.8) is 0 Å². The molecule has 18 heavy (non-hydrogen) atoms. The van der Waals surface area contributed by atoms with Crippen molar-refractivity contribution < 1.29 is 27.9 Å². The van der Waals surface area contributed by atoms with Gasteiger partial charge in [-0.1, -0.05) is 0 Å². The number of methoxy groups -OCH3 is 1. The number of amides is 1. The molecule has 0 saturated carbocycles. The highest BCUT2D eigenvalue weighted by molar-refractivity contribution is 7.90. The average Bonchev–Trinajstić information content (AvgIpc) is 2.66. The number of likely N-dealkylation sites (tertiary alicyclic amines) is 1. The number of rotatable bonds is 4. The fourth-order valence-electron chi connectivity index (χ4n) is 1.87. The van der Waals surface area contributed by atoms with E-state index in [4.69, 9.17) is 0 Å². The second-order valence-corrected chi connectivity index (χ2v) is 6.61. The van der Waals surface area contributed by atoms with Gasteiger partial charge in [0.25, 0.3) is 0 Å². The predicted octanol–water partition coefficient (Wildman–Crippen LogP) is -1.44. The molecule has 104 valence electrons. The topological polar surface area (TPSA) is 101 Å². The van der Waals surface area contributed by atoms with Crippen molar-refractivity contribution in [1.82, 2.24) is 4.90 Å². The highest BCUT2D eigenvalue weighted by atomic mass is 32.2. The molecule has 0 aromatic carbocycles. The van der Waals surface area contributed by atoms with E-state index in [1.165, 1.54) is 12.0 Å². The van der Waals surface area contributed by atoms with Crippen LogP contribution in [0.5, 0.6) is 0 Å². The van der Waals surface area contributed by atoms with Gasteiger partial charge in [0.05, 0.1) is 19.0 Å². The molecule has 2 atom stereocenters. The van der Waals surface area contributed by atoms with Crippen LogP contribution in [0, 0.1) is 0 Å². The van der Waals surface area contributed by atoms with Crippen molar-refractivity contribution in [3.8, 4) is 0 Å². The zero-order valence-corrected chi connectivity index (χ0v) is 11.1. The van der Waals surface area contributed by atoms with Gasteiger partial charge in [-0.25, -0.2) is 13.2 Å². The maximum Gasteiger partial charge on any atom is 0.328 e. The van der Waals surface area contributed by atoms with Gasteiger partial charge in [0.2, 0.25) is 5.91 Å². The lowest BCUT2D eigenvalue weighted by Gasteiger charge is -2.22. The van der Waals surface area contributed by atoms with Crippen LogP contribution in [0.3, 0.4) is 0 Å². The van der Waals surface area contributed by atoms with Crippen LogP contribution in [0.1, 0.15) is 12.8 Å². The number of hydrogen-bond donors (Lipinski definition) is 1. The molecule has 0 aliphatic carbocycles. The van der Waals surface area contributed by atoms with E-state index in [1.54, 1.807) is 0 Å². The molecule has 0 spiro atoms. The summed E-state index contributed by atoms with van der Waals surface area (Å²) in [5.74, 6) is -1.33. The lowest BCUT2D eigenvalue weighted by atomic mass is 10.2. The Kier molecular flexibility index (Phi) is 4.69. The second-order valence-electron chi connectivity index (χ2n) is 4.35. The molecule has 8 heteroatoms. The van der Waals surface area contributed by atoms with Crippen LogP contribution in [0.25, 0.3) is 0 Å². The molecular weight excluding hydrogens is 262 g/mol. The quantitative estimate of drug-likeness (QED) is 0.632. The van der Waals surface area contributed by atoms with Crippen molar-refractivity contribution in [2.24, 2.45) is 0 Å². The van der Waals surface area contributed by atoms with Gasteiger partial charge in [-0.2, -0.15) is 0 Å². The fourth-order valence-corrected chi connectivity index (χ4v) is 2.41. The lowest BCUT2D eigenvalue weighted by molar-refractivity contribution is -0.150. The van der Waals surface area contributed by atoms with Crippen molar-refractivity contribution in [2.75, 3.05) is 25.7 Å². The molecule has 1 fully saturated rings. The Balaban J connectivity index is 2.68. The minimum atomic E-state index is -3.23. The molecule has 0 radical (unpaired) electrons. The summed E-state index contributed by atoms with van der Waals surface area (Å²) in [5, 5.41) is 9.47. The first-order valence-corrected chi connectivity index (χ1v) is 7.53. The largest absolute Gasteiger partial charge is 0.467 e. The third kappa shape index (κ3) is 3.95. The van der Waals surface area contributed by atoms with Gasteiger partial charge >= 0.3 is 5.97 Å². The molecule has 1 rings (SSSR count). The smallest absolute Gasteiger partial charge is 0.328 e. The SMILES string of the molecule is COC(=O)C1CC(O)CN1C(=O)CCS(C)(=O)=O. The van der Waals surface area contributed by atoms with Gasteiger partial charge in [-0.15, -0.1) is 0 Å². The Hall–Kier alpha value is -1.15. The lowest BCUT2D eigenvalue weighted by Crippen LogP contribution is -2.41. The number of sulfone groups is 1. The van der Waals surface area contributed by atoms with Crippen LogP contribution < -0.4 is 0 Å². The summed E-state index contributed by atoms with van der Waals surface area (Å²) in [7, 11) is -2.03. The summed E-state index contributed by atoms with van der Waals surface area (Å²) in [4.78, 5) is 24.4. The molecule has 1 N–H and O–H groups in total. The molecule has 0 aromatic rings. The van der Waals surface area contributed by atoms with Gasteiger partial charge < -0.3 is 14.7 Å². The molecule has 1 amide bonds. The minimum absolute atomic E-state index is 0.0301. The van der Waals surface area contributed by atoms with Crippen molar-refractivity contribution in [3.05, 3.63) is 0 Å². The highest BCUT2D eigenvalue weighted by Crippen LogP contribution is 2.20. The van der Waals surface area contributed by atoms with E-state index in [0.29, 0.717) is 0 Å². The molecule has 0 aromatic heterocycles. The third-order valence-electron chi connectivity index (χ3n) is 2.76. The standard InChI is InChI=1S/C10H17NO6S/c1-17-10(14)8-5-7(12)6-11(8)9(13)3-4-18(2,15)16/h7-8,12H,3-6H2,1-2H3. The number of carbonyl (C=O) groups is 2. The monoisotopic (exact) mass is 279 g/mol. The number of aliphatic hydroxyl groups excluding tert-OH is 1. The number of hydrogen-bond acceptors (Lipinski definition) is 6. The predicted molar refractivity (Wildman–Crippen MR) is 62.5 cm³/mol. The van der Waals surface area contributed by atoms with E-state index in [9.17, 15) is 23.1 Å². The van der Waals surface area contributed by atoms with E-state index in [2.05, 4.69) is 4.74 Å². The van der Waals surface area contributed by atoms with Crippen LogP contribution in [0.15, 0.2) is 0 Å². The van der Waals surface area contributed by atoms with Gasteiger partial charge in [0.15, 0.2) is 0 Å². The summed E-state index contributed by atoms with van der Waals surface area (Å²) in [5.41, 5.74) is 0. The maximum absolute atomic E-state index is 11.8. The average molecular weight is 279 g/mol. The van der Waals surface area contributed by atoms with Crippen molar-refractivity contribution in [2.45, 2.75) is 25.0 Å². The number of esters is 1. The molecule has 0 bridgehead atoms. The highest BCUT2D eigenvalue weighted by Gasteiger charge is 2.39. The summed E-state index contributed by atoms with van der Waals surface area (Å²) < 4.78 is 26.5. The normalized spacial score (nSPS) is 24.1. The van der Waals surface area contributed by atoms with E-state index < -0.39 is 33.9 Å². The number of carbonyl (C=O) groups excluding carboxylic acids is 2. The summed E-state index contributed by atoms with van der Waals surface area (Å²) in [6, 6.07) is -0.822. The Bertz CT molecular complexity index is 432. The Morgan fingerprint density at radius 1 is 1.44 bits per heavy atom. The van der Waals surface area contributed by atoms with E-state index >= 15 is 0 Å². The Labute approximate surface area is 106 Å². The van der Waals surface area contributed by atoms with Crippen LogP contribution in [-0.2, 0) is 24.2 Å².